The highest BCUT2D eigenvalue weighted by atomic mass is 16.4. The number of hydrogen-bond acceptors (Lipinski definition) is 3. The number of aromatic amines is 1. The fourth-order valence-corrected chi connectivity index (χ4v) is 1.84. The van der Waals surface area contributed by atoms with Gasteiger partial charge in [0.2, 0.25) is 0 Å². The van der Waals surface area contributed by atoms with Gasteiger partial charge in [-0.05, 0) is 5.92 Å². The summed E-state index contributed by atoms with van der Waals surface area (Å²) >= 11 is 0. The first-order valence-corrected chi connectivity index (χ1v) is 6.81. The minimum Gasteiger partial charge on any atom is -0.480 e. The van der Waals surface area contributed by atoms with Gasteiger partial charge in [-0.1, -0.05) is 26.7 Å². The Morgan fingerprint density at radius 1 is 1.40 bits per heavy atom. The summed E-state index contributed by atoms with van der Waals surface area (Å²) in [6.07, 6.45) is 5.15. The Kier molecular flexibility index (Phi) is 6.55. The Morgan fingerprint density at radius 3 is 2.60 bits per heavy atom. The number of nitrogens with one attached hydrogen (secondary N) is 3. The number of imidazole rings is 1. The Hall–Kier alpha value is -2.05. The SMILES string of the molecule is CCC(CC)CNC(=O)N[C@H](Cc1cnc[nH]1)C(=O)O. The van der Waals surface area contributed by atoms with Crippen molar-refractivity contribution in [1.82, 2.24) is 20.6 Å². The molecular formula is C13H22N4O3. The van der Waals surface area contributed by atoms with E-state index < -0.39 is 18.0 Å². The maximum absolute atomic E-state index is 11.7. The number of carbonyl (C=O) groups is 2. The third kappa shape index (κ3) is 5.29. The van der Waals surface area contributed by atoms with Crippen LogP contribution in [0.25, 0.3) is 0 Å². The summed E-state index contributed by atoms with van der Waals surface area (Å²) < 4.78 is 0. The van der Waals surface area contributed by atoms with Crippen LogP contribution in [0.15, 0.2) is 12.5 Å². The predicted molar refractivity (Wildman–Crippen MR) is 74.3 cm³/mol. The maximum atomic E-state index is 11.7. The summed E-state index contributed by atoms with van der Waals surface area (Å²) in [5.41, 5.74) is 0.665. The first-order chi connectivity index (χ1) is 9.56. The largest absolute Gasteiger partial charge is 0.480 e. The van der Waals surface area contributed by atoms with Crippen LogP contribution in [0.1, 0.15) is 32.4 Å². The zero-order valence-electron chi connectivity index (χ0n) is 11.8. The van der Waals surface area contributed by atoms with Gasteiger partial charge in [0.1, 0.15) is 6.04 Å². The van der Waals surface area contributed by atoms with Crippen molar-refractivity contribution in [2.24, 2.45) is 5.92 Å². The number of H-pyrrole nitrogens is 1. The van der Waals surface area contributed by atoms with Gasteiger partial charge in [0.15, 0.2) is 0 Å². The topological polar surface area (TPSA) is 107 Å². The van der Waals surface area contributed by atoms with E-state index in [1.54, 1.807) is 6.20 Å². The van der Waals surface area contributed by atoms with Crippen LogP contribution in [0.4, 0.5) is 4.79 Å². The fraction of sp³-hybridized carbons (Fsp3) is 0.615. The van der Waals surface area contributed by atoms with Crippen molar-refractivity contribution in [2.45, 2.75) is 39.2 Å². The van der Waals surface area contributed by atoms with E-state index in [0.29, 0.717) is 18.2 Å². The van der Waals surface area contributed by atoms with Crippen LogP contribution in [-0.2, 0) is 11.2 Å². The molecule has 0 saturated carbocycles. The number of amides is 2. The molecule has 1 atom stereocenters. The van der Waals surface area contributed by atoms with Gasteiger partial charge in [-0.2, -0.15) is 0 Å². The number of hydrogen-bond donors (Lipinski definition) is 4. The third-order valence-corrected chi connectivity index (χ3v) is 3.29. The summed E-state index contributed by atoms with van der Waals surface area (Å²) in [4.78, 5) is 29.5. The second-order valence-electron chi connectivity index (χ2n) is 4.71. The van der Waals surface area contributed by atoms with E-state index in [-0.39, 0.29) is 6.42 Å². The standard InChI is InChI=1S/C13H22N4O3/c1-3-9(4-2)6-15-13(20)17-11(12(18)19)5-10-7-14-8-16-10/h7-9,11H,3-6H2,1-2H3,(H,14,16)(H,18,19)(H2,15,17,20)/t11-/m1/s1. The van der Waals surface area contributed by atoms with Crippen molar-refractivity contribution in [3.05, 3.63) is 18.2 Å². The minimum absolute atomic E-state index is 0.174. The summed E-state index contributed by atoms with van der Waals surface area (Å²) in [7, 11) is 0. The smallest absolute Gasteiger partial charge is 0.326 e. The van der Waals surface area contributed by atoms with Crippen LogP contribution in [-0.4, -0.2) is 39.7 Å². The molecule has 20 heavy (non-hydrogen) atoms. The molecule has 4 N–H and O–H groups in total. The highest BCUT2D eigenvalue weighted by molar-refractivity contribution is 5.82. The minimum atomic E-state index is -1.07. The molecule has 1 heterocycles. The highest BCUT2D eigenvalue weighted by Gasteiger charge is 2.21. The number of urea groups is 1. The number of carbonyl (C=O) groups excluding carboxylic acids is 1. The highest BCUT2D eigenvalue weighted by Crippen LogP contribution is 2.05. The van der Waals surface area contributed by atoms with E-state index in [0.717, 1.165) is 12.8 Å². The first-order valence-electron chi connectivity index (χ1n) is 6.81. The zero-order valence-corrected chi connectivity index (χ0v) is 11.8. The molecular weight excluding hydrogens is 260 g/mol. The predicted octanol–water partition coefficient (Wildman–Crippen LogP) is 1.14. The van der Waals surface area contributed by atoms with Gasteiger partial charge in [0, 0.05) is 24.9 Å². The molecule has 0 fully saturated rings. The Morgan fingerprint density at radius 2 is 2.10 bits per heavy atom. The first kappa shape index (κ1) is 16.0. The molecule has 0 radical (unpaired) electrons. The molecule has 0 aliphatic heterocycles. The molecule has 0 saturated heterocycles. The van der Waals surface area contributed by atoms with Crippen LogP contribution in [0.2, 0.25) is 0 Å². The zero-order chi connectivity index (χ0) is 15.0. The van der Waals surface area contributed by atoms with Gasteiger partial charge in [-0.15, -0.1) is 0 Å². The summed E-state index contributed by atoms with van der Waals surface area (Å²) in [6.45, 7) is 4.67. The van der Waals surface area contributed by atoms with Crippen molar-refractivity contribution in [2.75, 3.05) is 6.54 Å². The summed E-state index contributed by atoms with van der Waals surface area (Å²) in [5.74, 6) is -0.658. The third-order valence-electron chi connectivity index (χ3n) is 3.29. The summed E-state index contributed by atoms with van der Waals surface area (Å²) in [5, 5.41) is 14.3. The van der Waals surface area contributed by atoms with Crippen LogP contribution < -0.4 is 10.6 Å². The van der Waals surface area contributed by atoms with E-state index in [4.69, 9.17) is 5.11 Å². The van der Waals surface area contributed by atoms with Gasteiger partial charge in [0.25, 0.3) is 0 Å². The lowest BCUT2D eigenvalue weighted by Crippen LogP contribution is -2.48. The Bertz CT molecular complexity index is 415. The number of nitrogens with zero attached hydrogens (tertiary/aromatic N) is 1. The van der Waals surface area contributed by atoms with Gasteiger partial charge >= 0.3 is 12.0 Å². The van der Waals surface area contributed by atoms with Crippen molar-refractivity contribution in [1.29, 1.82) is 0 Å². The second-order valence-corrected chi connectivity index (χ2v) is 4.71. The van der Waals surface area contributed by atoms with Crippen LogP contribution in [0.5, 0.6) is 0 Å². The van der Waals surface area contributed by atoms with Gasteiger partial charge in [0.05, 0.1) is 6.33 Å². The lowest BCUT2D eigenvalue weighted by Gasteiger charge is -2.17. The van der Waals surface area contributed by atoms with Crippen molar-refractivity contribution in [3.63, 3.8) is 0 Å². The molecule has 7 heteroatoms. The number of aromatic nitrogens is 2. The molecule has 1 rings (SSSR count). The molecule has 0 aliphatic carbocycles. The van der Waals surface area contributed by atoms with Crippen molar-refractivity contribution < 1.29 is 14.7 Å². The summed E-state index contributed by atoms with van der Waals surface area (Å²) in [6, 6.07) is -1.43. The van der Waals surface area contributed by atoms with Gasteiger partial charge < -0.3 is 20.7 Å². The normalized spacial score (nSPS) is 12.2. The lowest BCUT2D eigenvalue weighted by atomic mass is 10.0. The molecule has 1 aromatic rings. The number of rotatable bonds is 8. The Labute approximate surface area is 118 Å². The molecule has 7 nitrogen and oxygen atoms in total. The second kappa shape index (κ2) is 8.19. The monoisotopic (exact) mass is 282 g/mol. The van der Waals surface area contributed by atoms with Crippen LogP contribution in [0, 0.1) is 5.92 Å². The molecule has 0 bridgehead atoms. The molecule has 0 unspecified atom stereocenters. The van der Waals surface area contributed by atoms with Crippen LogP contribution in [0.3, 0.4) is 0 Å². The van der Waals surface area contributed by atoms with E-state index >= 15 is 0 Å². The van der Waals surface area contributed by atoms with Crippen molar-refractivity contribution >= 4 is 12.0 Å². The van der Waals surface area contributed by atoms with E-state index in [1.807, 2.05) is 0 Å². The van der Waals surface area contributed by atoms with Crippen LogP contribution >= 0.6 is 0 Å². The molecule has 1 aromatic heterocycles. The maximum Gasteiger partial charge on any atom is 0.326 e. The molecule has 0 spiro atoms. The van der Waals surface area contributed by atoms with E-state index in [1.165, 1.54) is 6.33 Å². The average molecular weight is 282 g/mol. The molecule has 0 aromatic carbocycles. The Balaban J connectivity index is 2.45. The average Bonchev–Trinajstić information content (AvgIpc) is 2.92. The van der Waals surface area contributed by atoms with Gasteiger partial charge in [-0.25, -0.2) is 14.6 Å². The fourth-order valence-electron chi connectivity index (χ4n) is 1.84. The van der Waals surface area contributed by atoms with Crippen molar-refractivity contribution in [3.8, 4) is 0 Å². The molecule has 112 valence electrons. The molecule has 2 amide bonds. The molecule has 0 aliphatic rings. The van der Waals surface area contributed by atoms with E-state index in [2.05, 4.69) is 34.4 Å². The van der Waals surface area contributed by atoms with E-state index in [9.17, 15) is 9.59 Å². The number of aliphatic carboxylic acids is 1. The quantitative estimate of drug-likeness (QED) is 0.573. The lowest BCUT2D eigenvalue weighted by molar-refractivity contribution is -0.139. The number of carboxylic acid groups (broad SMARTS) is 1. The number of carboxylic acids is 1. The van der Waals surface area contributed by atoms with Gasteiger partial charge in [-0.3, -0.25) is 0 Å².